The molecule has 2 aromatic carbocycles. The molecule has 0 bridgehead atoms. The summed E-state index contributed by atoms with van der Waals surface area (Å²) in [6, 6.07) is 15.4. The van der Waals surface area contributed by atoms with Crippen molar-refractivity contribution in [1.29, 1.82) is 0 Å². The Balaban J connectivity index is 1.95. The minimum Gasteiger partial charge on any atom is -0.481 e. The largest absolute Gasteiger partial charge is 0.481 e. The van der Waals surface area contributed by atoms with Gasteiger partial charge in [-0.25, -0.2) is 0 Å². The van der Waals surface area contributed by atoms with E-state index in [0.29, 0.717) is 11.3 Å². The molecule has 0 radical (unpaired) electrons. The summed E-state index contributed by atoms with van der Waals surface area (Å²) in [5.41, 5.74) is 2.12. The van der Waals surface area contributed by atoms with E-state index in [9.17, 15) is 14.5 Å². The Hall–Kier alpha value is -3.28. The van der Waals surface area contributed by atoms with E-state index < -0.39 is 12.0 Å². The maximum atomic E-state index is 11.9. The number of carbonyl (C=O) groups excluding carboxylic acids is 1. The number of benzene rings is 2. The molecule has 2 N–H and O–H groups in total. The molecular weight excluding hydrogens is 320 g/mol. The molecule has 0 saturated carbocycles. The van der Waals surface area contributed by atoms with Gasteiger partial charge in [0.15, 0.2) is 0 Å². The van der Waals surface area contributed by atoms with Gasteiger partial charge in [-0.1, -0.05) is 47.6 Å². The molecule has 1 atom stereocenters. The normalized spacial score (nSPS) is 11.8. The fourth-order valence-electron chi connectivity index (χ4n) is 2.25. The fourth-order valence-corrected chi connectivity index (χ4v) is 2.25. The van der Waals surface area contributed by atoms with Crippen molar-refractivity contribution in [2.75, 3.05) is 5.32 Å². The first kappa shape index (κ1) is 18.1. The predicted molar refractivity (Wildman–Crippen MR) is 96.0 cm³/mol. The zero-order chi connectivity index (χ0) is 18.1. The van der Waals surface area contributed by atoms with Crippen LogP contribution in [0.25, 0.3) is 6.08 Å². The van der Waals surface area contributed by atoms with Crippen LogP contribution in [-0.4, -0.2) is 17.0 Å². The van der Waals surface area contributed by atoms with Gasteiger partial charge in [0.05, 0.1) is 0 Å². The lowest BCUT2D eigenvalue weighted by molar-refractivity contribution is -0.137. The number of carboxylic acids is 1. The smallest absolute Gasteiger partial charge is 0.303 e. The zero-order valence-electron chi connectivity index (χ0n) is 13.5. The zero-order valence-corrected chi connectivity index (χ0v) is 13.5. The number of nitrogens with zero attached hydrogens (tertiary/aromatic N) is 1. The van der Waals surface area contributed by atoms with Crippen LogP contribution in [0.3, 0.4) is 0 Å². The lowest BCUT2D eigenvalue weighted by Crippen LogP contribution is -2.08. The third kappa shape index (κ3) is 6.02. The first-order valence-electron chi connectivity index (χ1n) is 7.77. The number of anilines is 1. The Kier molecular flexibility index (Phi) is 6.59. The van der Waals surface area contributed by atoms with Crippen molar-refractivity contribution in [3.63, 3.8) is 0 Å². The van der Waals surface area contributed by atoms with Crippen LogP contribution < -0.4 is 5.32 Å². The van der Waals surface area contributed by atoms with Crippen LogP contribution in [0.4, 0.5) is 5.69 Å². The lowest BCUT2D eigenvalue weighted by atomic mass is 10.0. The van der Waals surface area contributed by atoms with E-state index in [0.717, 1.165) is 5.56 Å². The molecule has 0 aliphatic carbocycles. The van der Waals surface area contributed by atoms with Gasteiger partial charge in [-0.2, -0.15) is 4.91 Å². The number of carbonyl (C=O) groups is 2. The van der Waals surface area contributed by atoms with Crippen LogP contribution in [0, 0.1) is 4.91 Å². The second kappa shape index (κ2) is 9.12. The maximum Gasteiger partial charge on any atom is 0.303 e. The number of carboxylic acid groups (broad SMARTS) is 1. The van der Waals surface area contributed by atoms with E-state index >= 15 is 0 Å². The number of hydrogen-bond donors (Lipinski definition) is 2. The van der Waals surface area contributed by atoms with Gasteiger partial charge in [-0.05, 0) is 35.8 Å². The van der Waals surface area contributed by atoms with Gasteiger partial charge in [-0.3, -0.25) is 9.59 Å². The van der Waals surface area contributed by atoms with Crippen LogP contribution in [-0.2, 0) is 9.59 Å². The summed E-state index contributed by atoms with van der Waals surface area (Å²) in [5.74, 6) is -1.24. The lowest BCUT2D eigenvalue weighted by Gasteiger charge is -2.09. The monoisotopic (exact) mass is 338 g/mol. The highest BCUT2D eigenvalue weighted by Gasteiger charge is 2.13. The Bertz CT molecular complexity index is 755. The summed E-state index contributed by atoms with van der Waals surface area (Å²) >= 11 is 0. The molecule has 0 aliphatic heterocycles. The molecular formula is C19H18N2O4. The SMILES string of the molecule is O=NC(CCC(=O)O)c1ccc(NC(=O)C=Cc2ccccc2)cc1. The molecule has 1 amide bonds. The van der Waals surface area contributed by atoms with Crippen molar-refractivity contribution in [2.45, 2.75) is 18.9 Å². The van der Waals surface area contributed by atoms with E-state index in [4.69, 9.17) is 5.11 Å². The minimum atomic E-state index is -0.970. The van der Waals surface area contributed by atoms with Crippen molar-refractivity contribution in [2.24, 2.45) is 5.18 Å². The van der Waals surface area contributed by atoms with Crippen molar-refractivity contribution in [3.05, 3.63) is 76.7 Å². The van der Waals surface area contributed by atoms with Gasteiger partial charge in [0.1, 0.15) is 6.04 Å². The van der Waals surface area contributed by atoms with Crippen LogP contribution in [0.2, 0.25) is 0 Å². The molecule has 0 spiro atoms. The summed E-state index contributed by atoms with van der Waals surface area (Å²) < 4.78 is 0. The molecule has 0 heterocycles. The number of nitroso groups, excluding NO2 is 1. The second-order valence-electron chi connectivity index (χ2n) is 5.41. The van der Waals surface area contributed by atoms with Gasteiger partial charge in [-0.15, -0.1) is 0 Å². The van der Waals surface area contributed by atoms with Crippen LogP contribution in [0.1, 0.15) is 30.0 Å². The molecule has 6 heteroatoms. The predicted octanol–water partition coefficient (Wildman–Crippen LogP) is 4.01. The molecule has 0 aromatic heterocycles. The van der Waals surface area contributed by atoms with Crippen molar-refractivity contribution >= 4 is 23.6 Å². The average molecular weight is 338 g/mol. The highest BCUT2D eigenvalue weighted by Crippen LogP contribution is 2.24. The van der Waals surface area contributed by atoms with Crippen LogP contribution in [0.5, 0.6) is 0 Å². The Labute approximate surface area is 145 Å². The minimum absolute atomic E-state index is 0.126. The summed E-state index contributed by atoms with van der Waals surface area (Å²) in [6.07, 6.45) is 3.16. The fraction of sp³-hybridized carbons (Fsp3) is 0.158. The maximum absolute atomic E-state index is 11.9. The quantitative estimate of drug-likeness (QED) is 0.561. The number of nitrogens with one attached hydrogen (secondary N) is 1. The Morgan fingerprint density at radius 2 is 1.76 bits per heavy atom. The Morgan fingerprint density at radius 1 is 1.08 bits per heavy atom. The van der Waals surface area contributed by atoms with E-state index in [1.165, 1.54) is 6.08 Å². The number of rotatable bonds is 8. The van der Waals surface area contributed by atoms with Gasteiger partial charge in [0, 0.05) is 18.2 Å². The second-order valence-corrected chi connectivity index (χ2v) is 5.41. The summed E-state index contributed by atoms with van der Waals surface area (Å²) in [5, 5.41) is 14.4. The molecule has 2 aromatic rings. The Morgan fingerprint density at radius 3 is 2.36 bits per heavy atom. The van der Waals surface area contributed by atoms with E-state index in [1.807, 2.05) is 30.3 Å². The van der Waals surface area contributed by atoms with Gasteiger partial charge in [0.25, 0.3) is 0 Å². The molecule has 25 heavy (non-hydrogen) atoms. The van der Waals surface area contributed by atoms with Crippen LogP contribution in [0.15, 0.2) is 65.9 Å². The van der Waals surface area contributed by atoms with Gasteiger partial charge in [0.2, 0.25) is 5.91 Å². The average Bonchev–Trinajstić information content (AvgIpc) is 2.62. The molecule has 2 rings (SSSR count). The standard InChI is InChI=1S/C19H18N2O4/c22-18(12-6-14-4-2-1-3-5-14)20-16-9-7-15(8-10-16)17(21-25)11-13-19(23)24/h1-10,12,17H,11,13H2,(H,20,22)(H,23,24). The topological polar surface area (TPSA) is 95.8 Å². The third-order valence-corrected chi connectivity index (χ3v) is 3.55. The van der Waals surface area contributed by atoms with Crippen LogP contribution >= 0.6 is 0 Å². The first-order valence-corrected chi connectivity index (χ1v) is 7.77. The van der Waals surface area contributed by atoms with E-state index in [2.05, 4.69) is 10.5 Å². The summed E-state index contributed by atoms with van der Waals surface area (Å²) in [4.78, 5) is 33.4. The van der Waals surface area contributed by atoms with E-state index in [-0.39, 0.29) is 18.7 Å². The van der Waals surface area contributed by atoms with Gasteiger partial charge < -0.3 is 10.4 Å². The summed E-state index contributed by atoms with van der Waals surface area (Å²) in [7, 11) is 0. The highest BCUT2D eigenvalue weighted by molar-refractivity contribution is 6.01. The molecule has 1 unspecified atom stereocenters. The number of hydrogen-bond acceptors (Lipinski definition) is 4. The third-order valence-electron chi connectivity index (χ3n) is 3.55. The summed E-state index contributed by atoms with van der Waals surface area (Å²) in [6.45, 7) is 0. The van der Waals surface area contributed by atoms with E-state index in [1.54, 1.807) is 30.3 Å². The molecule has 6 nitrogen and oxygen atoms in total. The molecule has 0 fully saturated rings. The van der Waals surface area contributed by atoms with Crippen molar-refractivity contribution in [1.82, 2.24) is 0 Å². The van der Waals surface area contributed by atoms with Crippen molar-refractivity contribution in [3.8, 4) is 0 Å². The molecule has 128 valence electrons. The number of aliphatic carboxylic acids is 1. The molecule has 0 saturated heterocycles. The van der Waals surface area contributed by atoms with Gasteiger partial charge >= 0.3 is 5.97 Å². The first-order chi connectivity index (χ1) is 12.1. The molecule has 0 aliphatic rings. The number of amides is 1. The highest BCUT2D eigenvalue weighted by atomic mass is 16.4. The van der Waals surface area contributed by atoms with Crippen molar-refractivity contribution < 1.29 is 14.7 Å².